The molecule has 6 nitrogen and oxygen atoms in total. The molecule has 1 fully saturated rings. The van der Waals surface area contributed by atoms with Crippen molar-refractivity contribution in [2.75, 3.05) is 18.8 Å². The topological polar surface area (TPSA) is 68.1 Å². The molecule has 1 amide bonds. The lowest BCUT2D eigenvalue weighted by atomic mass is 10.2. The standard InChI is InChI=1S/C23H26N4O2S/c1-3-12-26(14-17-9-10-17)21(28)15-30-23-25-19-7-5-4-6-18(19)22(29)27(23)20-11-8-16(2)13-24-20/h4-8,11,13,17H,3,9-10,12,14-15H2,1-2H3. The highest BCUT2D eigenvalue weighted by Crippen LogP contribution is 2.30. The Morgan fingerprint density at radius 3 is 2.73 bits per heavy atom. The van der Waals surface area contributed by atoms with E-state index in [9.17, 15) is 9.59 Å². The summed E-state index contributed by atoms with van der Waals surface area (Å²) in [5.41, 5.74) is 1.47. The van der Waals surface area contributed by atoms with Gasteiger partial charge in [0, 0.05) is 19.3 Å². The highest BCUT2D eigenvalue weighted by atomic mass is 32.2. The zero-order valence-electron chi connectivity index (χ0n) is 17.4. The van der Waals surface area contributed by atoms with Crippen LogP contribution in [0, 0.1) is 12.8 Å². The Morgan fingerprint density at radius 2 is 2.03 bits per heavy atom. The summed E-state index contributed by atoms with van der Waals surface area (Å²) in [6, 6.07) is 11.0. The molecule has 7 heteroatoms. The van der Waals surface area contributed by atoms with Gasteiger partial charge in [0.1, 0.15) is 5.82 Å². The molecule has 1 aliphatic rings. The average Bonchev–Trinajstić information content (AvgIpc) is 3.57. The lowest BCUT2D eigenvalue weighted by Gasteiger charge is -2.22. The normalized spacial score (nSPS) is 13.5. The fourth-order valence-corrected chi connectivity index (χ4v) is 4.32. The molecule has 1 saturated carbocycles. The number of rotatable bonds is 8. The second kappa shape index (κ2) is 9.00. The van der Waals surface area contributed by atoms with Gasteiger partial charge in [-0.25, -0.2) is 14.5 Å². The Labute approximate surface area is 180 Å². The summed E-state index contributed by atoms with van der Waals surface area (Å²) in [6.07, 6.45) is 5.10. The summed E-state index contributed by atoms with van der Waals surface area (Å²) < 4.78 is 1.52. The molecule has 0 spiro atoms. The molecule has 0 N–H and O–H groups in total. The minimum Gasteiger partial charge on any atom is -0.342 e. The maximum absolute atomic E-state index is 13.2. The number of para-hydroxylation sites is 1. The van der Waals surface area contributed by atoms with Gasteiger partial charge >= 0.3 is 0 Å². The van der Waals surface area contributed by atoms with Crippen LogP contribution in [0.2, 0.25) is 0 Å². The number of hydrogen-bond acceptors (Lipinski definition) is 5. The van der Waals surface area contributed by atoms with Crippen LogP contribution >= 0.6 is 11.8 Å². The van der Waals surface area contributed by atoms with Crippen LogP contribution in [0.25, 0.3) is 16.7 Å². The van der Waals surface area contributed by atoms with Crippen LogP contribution in [-0.2, 0) is 4.79 Å². The van der Waals surface area contributed by atoms with E-state index < -0.39 is 0 Å². The Bertz CT molecular complexity index is 1110. The molecule has 3 aromatic rings. The summed E-state index contributed by atoms with van der Waals surface area (Å²) in [5.74, 6) is 1.52. The molecule has 4 rings (SSSR count). The number of hydrogen-bond donors (Lipinski definition) is 0. The molecular formula is C23H26N4O2S. The third-order valence-corrected chi connectivity index (χ3v) is 6.14. The van der Waals surface area contributed by atoms with Crippen LogP contribution < -0.4 is 5.56 Å². The first-order valence-corrected chi connectivity index (χ1v) is 11.4. The van der Waals surface area contributed by atoms with E-state index in [0.29, 0.717) is 27.8 Å². The zero-order chi connectivity index (χ0) is 21.1. The predicted molar refractivity (Wildman–Crippen MR) is 120 cm³/mol. The number of thioether (sulfide) groups is 1. The molecule has 0 atom stereocenters. The zero-order valence-corrected chi connectivity index (χ0v) is 18.2. The Hall–Kier alpha value is -2.67. The number of nitrogens with zero attached hydrogens (tertiary/aromatic N) is 4. The molecule has 156 valence electrons. The van der Waals surface area contributed by atoms with Crippen molar-refractivity contribution in [3.63, 3.8) is 0 Å². The second-order valence-corrected chi connectivity index (χ2v) is 8.76. The molecule has 0 saturated heterocycles. The van der Waals surface area contributed by atoms with E-state index in [4.69, 9.17) is 4.98 Å². The van der Waals surface area contributed by atoms with Gasteiger partial charge in [-0.05, 0) is 55.9 Å². The van der Waals surface area contributed by atoms with E-state index in [-0.39, 0.29) is 17.2 Å². The average molecular weight is 423 g/mol. The largest absolute Gasteiger partial charge is 0.342 e. The predicted octanol–water partition coefficient (Wildman–Crippen LogP) is 3.83. The first-order valence-electron chi connectivity index (χ1n) is 10.4. The van der Waals surface area contributed by atoms with E-state index in [1.807, 2.05) is 42.2 Å². The van der Waals surface area contributed by atoms with Crippen molar-refractivity contribution in [2.45, 2.75) is 38.3 Å². The van der Waals surface area contributed by atoms with Crippen LogP contribution in [0.1, 0.15) is 31.7 Å². The van der Waals surface area contributed by atoms with E-state index >= 15 is 0 Å². The van der Waals surface area contributed by atoms with E-state index in [1.165, 1.54) is 29.2 Å². The molecule has 0 bridgehead atoms. The molecule has 0 aliphatic heterocycles. The molecule has 30 heavy (non-hydrogen) atoms. The van der Waals surface area contributed by atoms with Crippen LogP contribution in [0.15, 0.2) is 52.5 Å². The van der Waals surface area contributed by atoms with Gasteiger partial charge in [0.2, 0.25) is 5.91 Å². The maximum atomic E-state index is 13.2. The monoisotopic (exact) mass is 422 g/mol. The number of carbonyl (C=O) groups is 1. The molecule has 1 aromatic carbocycles. The second-order valence-electron chi connectivity index (χ2n) is 7.82. The lowest BCUT2D eigenvalue weighted by molar-refractivity contribution is -0.128. The summed E-state index contributed by atoms with van der Waals surface area (Å²) in [5, 5.41) is 1.03. The van der Waals surface area contributed by atoms with Gasteiger partial charge in [0.05, 0.1) is 16.7 Å². The number of aromatic nitrogens is 3. The fourth-order valence-electron chi connectivity index (χ4n) is 3.42. The first kappa shape index (κ1) is 20.6. The minimum absolute atomic E-state index is 0.0968. The Kier molecular flexibility index (Phi) is 6.18. The molecule has 2 aromatic heterocycles. The third kappa shape index (κ3) is 4.56. The van der Waals surface area contributed by atoms with E-state index in [2.05, 4.69) is 11.9 Å². The first-order chi connectivity index (χ1) is 14.6. The van der Waals surface area contributed by atoms with Gasteiger partial charge in [0.15, 0.2) is 5.16 Å². The van der Waals surface area contributed by atoms with Crippen molar-refractivity contribution < 1.29 is 4.79 Å². The molecule has 2 heterocycles. The molecule has 1 aliphatic carbocycles. The van der Waals surface area contributed by atoms with Gasteiger partial charge in [-0.3, -0.25) is 9.59 Å². The van der Waals surface area contributed by atoms with Gasteiger partial charge in [-0.2, -0.15) is 0 Å². The van der Waals surface area contributed by atoms with Crippen molar-refractivity contribution >= 4 is 28.6 Å². The van der Waals surface area contributed by atoms with Crippen LogP contribution in [0.5, 0.6) is 0 Å². The summed E-state index contributed by atoms with van der Waals surface area (Å²) in [7, 11) is 0. The van der Waals surface area contributed by atoms with Crippen LogP contribution in [0.4, 0.5) is 0 Å². The molecule has 0 radical (unpaired) electrons. The number of carbonyl (C=O) groups excluding carboxylic acids is 1. The van der Waals surface area contributed by atoms with Crippen LogP contribution in [-0.4, -0.2) is 44.2 Å². The number of aryl methyl sites for hydroxylation is 1. The smallest absolute Gasteiger partial charge is 0.267 e. The summed E-state index contributed by atoms with van der Waals surface area (Å²) in [4.78, 5) is 37.2. The Balaban J connectivity index is 1.66. The molecular weight excluding hydrogens is 396 g/mol. The quantitative estimate of drug-likeness (QED) is 0.408. The number of benzene rings is 1. The number of pyridine rings is 1. The van der Waals surface area contributed by atoms with E-state index in [0.717, 1.165) is 25.1 Å². The van der Waals surface area contributed by atoms with Crippen molar-refractivity contribution in [3.05, 3.63) is 58.5 Å². The lowest BCUT2D eigenvalue weighted by Crippen LogP contribution is -2.35. The van der Waals surface area contributed by atoms with Gasteiger partial charge in [0.25, 0.3) is 5.56 Å². The maximum Gasteiger partial charge on any atom is 0.267 e. The number of amides is 1. The number of fused-ring (bicyclic) bond motifs is 1. The van der Waals surface area contributed by atoms with Crippen molar-refractivity contribution in [1.29, 1.82) is 0 Å². The van der Waals surface area contributed by atoms with Crippen molar-refractivity contribution in [3.8, 4) is 5.82 Å². The van der Waals surface area contributed by atoms with Gasteiger partial charge < -0.3 is 4.90 Å². The van der Waals surface area contributed by atoms with Gasteiger partial charge in [-0.15, -0.1) is 0 Å². The minimum atomic E-state index is -0.171. The SMILES string of the molecule is CCCN(CC1CC1)C(=O)CSc1nc2ccccc2c(=O)n1-c1ccc(C)cn1. The highest BCUT2D eigenvalue weighted by molar-refractivity contribution is 7.99. The highest BCUT2D eigenvalue weighted by Gasteiger charge is 2.26. The summed E-state index contributed by atoms with van der Waals surface area (Å²) >= 11 is 1.31. The van der Waals surface area contributed by atoms with Crippen LogP contribution in [0.3, 0.4) is 0 Å². The van der Waals surface area contributed by atoms with E-state index in [1.54, 1.807) is 12.3 Å². The third-order valence-electron chi connectivity index (χ3n) is 5.22. The van der Waals surface area contributed by atoms with Crippen molar-refractivity contribution in [1.82, 2.24) is 19.4 Å². The fraction of sp³-hybridized carbons (Fsp3) is 0.391. The van der Waals surface area contributed by atoms with Gasteiger partial charge in [-0.1, -0.05) is 36.9 Å². The molecule has 0 unspecified atom stereocenters. The summed E-state index contributed by atoms with van der Waals surface area (Å²) in [6.45, 7) is 5.65. The Morgan fingerprint density at radius 1 is 1.23 bits per heavy atom. The van der Waals surface area contributed by atoms with Crippen molar-refractivity contribution in [2.24, 2.45) is 5.92 Å².